The zero-order valence-corrected chi connectivity index (χ0v) is 19.1. The SMILES string of the molecule is COc1ccc([C@@H](CC(=O)NCc2ccccc2)c2c[nH]c3cccc(OC)c23)cc1OC. The lowest BCUT2D eigenvalue weighted by molar-refractivity contribution is -0.121. The van der Waals surface area contributed by atoms with Crippen LogP contribution in [0, 0.1) is 0 Å². The molecule has 0 saturated carbocycles. The average Bonchev–Trinajstić information content (AvgIpc) is 3.30. The second kappa shape index (κ2) is 10.1. The van der Waals surface area contributed by atoms with Gasteiger partial charge < -0.3 is 24.5 Å². The monoisotopic (exact) mass is 444 g/mol. The highest BCUT2D eigenvalue weighted by molar-refractivity contribution is 5.91. The first kappa shape index (κ1) is 22.3. The van der Waals surface area contributed by atoms with Crippen LogP contribution in [0.4, 0.5) is 0 Å². The number of nitrogens with one attached hydrogen (secondary N) is 2. The third kappa shape index (κ3) is 4.80. The molecule has 170 valence electrons. The molecule has 1 atom stereocenters. The molecular weight excluding hydrogens is 416 g/mol. The van der Waals surface area contributed by atoms with Crippen molar-refractivity contribution in [2.45, 2.75) is 18.9 Å². The number of hydrogen-bond acceptors (Lipinski definition) is 4. The van der Waals surface area contributed by atoms with Crippen LogP contribution < -0.4 is 19.5 Å². The number of aromatic nitrogens is 1. The topological polar surface area (TPSA) is 72.6 Å². The molecule has 0 radical (unpaired) electrons. The number of carbonyl (C=O) groups excluding carboxylic acids is 1. The van der Waals surface area contributed by atoms with E-state index in [1.807, 2.05) is 72.9 Å². The molecule has 1 amide bonds. The lowest BCUT2D eigenvalue weighted by Crippen LogP contribution is -2.25. The second-order valence-electron chi connectivity index (χ2n) is 7.76. The summed E-state index contributed by atoms with van der Waals surface area (Å²) >= 11 is 0. The Kier molecular flexibility index (Phi) is 6.83. The maximum atomic E-state index is 13.1. The Labute approximate surface area is 193 Å². The Balaban J connectivity index is 1.71. The lowest BCUT2D eigenvalue weighted by atomic mass is 9.87. The Bertz CT molecular complexity index is 1230. The minimum Gasteiger partial charge on any atom is -0.496 e. The molecule has 0 fully saturated rings. The first-order valence-electron chi connectivity index (χ1n) is 10.8. The lowest BCUT2D eigenvalue weighted by Gasteiger charge is -2.19. The molecule has 1 heterocycles. The van der Waals surface area contributed by atoms with Crippen molar-refractivity contribution in [2.75, 3.05) is 21.3 Å². The summed E-state index contributed by atoms with van der Waals surface area (Å²) in [5.41, 5.74) is 3.96. The maximum absolute atomic E-state index is 13.1. The number of benzene rings is 3. The van der Waals surface area contributed by atoms with E-state index in [4.69, 9.17) is 14.2 Å². The van der Waals surface area contributed by atoms with Crippen LogP contribution in [0.25, 0.3) is 10.9 Å². The number of carbonyl (C=O) groups is 1. The van der Waals surface area contributed by atoms with Gasteiger partial charge in [0.1, 0.15) is 5.75 Å². The number of H-pyrrole nitrogens is 1. The van der Waals surface area contributed by atoms with Crippen molar-refractivity contribution in [1.82, 2.24) is 10.3 Å². The summed E-state index contributed by atoms with van der Waals surface area (Å²) in [7, 11) is 4.87. The van der Waals surface area contributed by atoms with E-state index < -0.39 is 0 Å². The highest BCUT2D eigenvalue weighted by atomic mass is 16.5. The summed E-state index contributed by atoms with van der Waals surface area (Å²) < 4.78 is 16.6. The number of hydrogen-bond donors (Lipinski definition) is 2. The van der Waals surface area contributed by atoms with Gasteiger partial charge in [-0.25, -0.2) is 0 Å². The molecule has 0 aliphatic carbocycles. The summed E-state index contributed by atoms with van der Waals surface area (Å²) in [5, 5.41) is 4.02. The average molecular weight is 445 g/mol. The zero-order valence-electron chi connectivity index (χ0n) is 19.1. The third-order valence-electron chi connectivity index (χ3n) is 5.83. The minimum absolute atomic E-state index is 0.0390. The van der Waals surface area contributed by atoms with Crippen molar-refractivity contribution < 1.29 is 19.0 Å². The number of fused-ring (bicyclic) bond motifs is 1. The van der Waals surface area contributed by atoms with Crippen LogP contribution in [-0.4, -0.2) is 32.2 Å². The highest BCUT2D eigenvalue weighted by Gasteiger charge is 2.24. The number of ether oxygens (including phenoxy) is 3. The molecule has 0 unspecified atom stereocenters. The van der Waals surface area contributed by atoms with E-state index in [-0.39, 0.29) is 18.2 Å². The summed E-state index contributed by atoms with van der Waals surface area (Å²) in [6, 6.07) is 21.5. The van der Waals surface area contributed by atoms with Gasteiger partial charge in [-0.3, -0.25) is 4.79 Å². The molecule has 2 N–H and O–H groups in total. The van der Waals surface area contributed by atoms with Gasteiger partial charge in [0.25, 0.3) is 0 Å². The Morgan fingerprint density at radius 3 is 2.36 bits per heavy atom. The van der Waals surface area contributed by atoms with Crippen LogP contribution in [-0.2, 0) is 11.3 Å². The van der Waals surface area contributed by atoms with Gasteiger partial charge in [-0.05, 0) is 41.0 Å². The van der Waals surface area contributed by atoms with Crippen molar-refractivity contribution in [1.29, 1.82) is 0 Å². The van der Waals surface area contributed by atoms with Gasteiger partial charge >= 0.3 is 0 Å². The zero-order chi connectivity index (χ0) is 23.2. The van der Waals surface area contributed by atoms with E-state index >= 15 is 0 Å². The van der Waals surface area contributed by atoms with Crippen LogP contribution in [0.1, 0.15) is 29.0 Å². The van der Waals surface area contributed by atoms with Gasteiger partial charge in [0.15, 0.2) is 11.5 Å². The van der Waals surface area contributed by atoms with Crippen LogP contribution in [0.5, 0.6) is 17.2 Å². The molecule has 6 nitrogen and oxygen atoms in total. The van der Waals surface area contributed by atoms with E-state index in [0.717, 1.165) is 33.3 Å². The summed E-state index contributed by atoms with van der Waals surface area (Å²) in [6.07, 6.45) is 2.23. The van der Waals surface area contributed by atoms with Crippen molar-refractivity contribution in [3.05, 3.63) is 89.6 Å². The maximum Gasteiger partial charge on any atom is 0.221 e. The second-order valence-corrected chi connectivity index (χ2v) is 7.76. The van der Waals surface area contributed by atoms with Gasteiger partial charge in [0, 0.05) is 36.0 Å². The minimum atomic E-state index is -0.217. The van der Waals surface area contributed by atoms with Crippen LogP contribution in [0.3, 0.4) is 0 Å². The van der Waals surface area contributed by atoms with Gasteiger partial charge in [-0.2, -0.15) is 0 Å². The quantitative estimate of drug-likeness (QED) is 0.380. The van der Waals surface area contributed by atoms with Crippen molar-refractivity contribution in [3.8, 4) is 17.2 Å². The number of methoxy groups -OCH3 is 3. The van der Waals surface area contributed by atoms with Gasteiger partial charge in [0.2, 0.25) is 5.91 Å². The normalized spacial score (nSPS) is 11.7. The van der Waals surface area contributed by atoms with E-state index in [0.29, 0.717) is 18.0 Å². The standard InChI is InChI=1S/C27H28N2O4/c1-31-23-13-12-19(14-25(23)33-3)20(15-26(30)29-16-18-8-5-4-6-9-18)21-17-28-22-10-7-11-24(32-2)27(21)22/h4-14,17,20,28H,15-16H2,1-3H3,(H,29,30)/t20-/m1/s1. The molecule has 6 heteroatoms. The fourth-order valence-electron chi connectivity index (χ4n) is 4.15. The molecule has 0 saturated heterocycles. The Morgan fingerprint density at radius 2 is 1.64 bits per heavy atom. The summed E-state index contributed by atoms with van der Waals surface area (Å²) in [5.74, 6) is 1.77. The molecule has 0 spiro atoms. The first-order chi connectivity index (χ1) is 16.1. The predicted octanol–water partition coefficient (Wildman–Crippen LogP) is 5.03. The molecule has 1 aromatic heterocycles. The smallest absolute Gasteiger partial charge is 0.221 e. The molecule has 33 heavy (non-hydrogen) atoms. The van der Waals surface area contributed by atoms with Crippen molar-refractivity contribution >= 4 is 16.8 Å². The predicted molar refractivity (Wildman–Crippen MR) is 129 cm³/mol. The van der Waals surface area contributed by atoms with Crippen molar-refractivity contribution in [2.24, 2.45) is 0 Å². The summed E-state index contributed by atoms with van der Waals surface area (Å²) in [6.45, 7) is 0.482. The van der Waals surface area contributed by atoms with Crippen molar-refractivity contribution in [3.63, 3.8) is 0 Å². The number of amides is 1. The summed E-state index contributed by atoms with van der Waals surface area (Å²) in [4.78, 5) is 16.4. The fourth-order valence-corrected chi connectivity index (χ4v) is 4.15. The van der Waals surface area contributed by atoms with Gasteiger partial charge in [-0.15, -0.1) is 0 Å². The van der Waals surface area contributed by atoms with Crippen LogP contribution in [0.2, 0.25) is 0 Å². The molecule has 4 rings (SSSR count). The molecule has 4 aromatic rings. The highest BCUT2D eigenvalue weighted by Crippen LogP contribution is 2.40. The van der Waals surface area contributed by atoms with E-state index in [9.17, 15) is 4.79 Å². The van der Waals surface area contributed by atoms with E-state index in [2.05, 4.69) is 10.3 Å². The fraction of sp³-hybridized carbons (Fsp3) is 0.222. The van der Waals surface area contributed by atoms with Gasteiger partial charge in [0.05, 0.1) is 21.3 Å². The van der Waals surface area contributed by atoms with E-state index in [1.165, 1.54) is 0 Å². The van der Waals surface area contributed by atoms with E-state index in [1.54, 1.807) is 21.3 Å². The molecule has 0 aliphatic heterocycles. The molecule has 0 aliphatic rings. The Morgan fingerprint density at radius 1 is 0.879 bits per heavy atom. The van der Waals surface area contributed by atoms with Crippen LogP contribution in [0.15, 0.2) is 72.9 Å². The largest absolute Gasteiger partial charge is 0.496 e. The molecule has 3 aromatic carbocycles. The number of rotatable bonds is 9. The molecular formula is C27H28N2O4. The molecule has 0 bridgehead atoms. The van der Waals surface area contributed by atoms with Gasteiger partial charge in [-0.1, -0.05) is 42.5 Å². The third-order valence-corrected chi connectivity index (χ3v) is 5.83. The number of aromatic amines is 1. The Hall–Kier alpha value is -3.93. The first-order valence-corrected chi connectivity index (χ1v) is 10.8. The van der Waals surface area contributed by atoms with Crippen LogP contribution >= 0.6 is 0 Å².